The molecule has 1 nitrogen and oxygen atoms in total. The van der Waals surface area contributed by atoms with Crippen LogP contribution < -0.4 is 0 Å². The molecule has 0 amide bonds. The maximum absolute atomic E-state index is 5.63. The minimum Gasteiger partial charge on any atom is -0.378 e. The van der Waals surface area contributed by atoms with Crippen LogP contribution in [-0.2, 0) is 4.74 Å². The molecule has 0 bridgehead atoms. The number of hydrogen-bond acceptors (Lipinski definition) is 1. The second-order valence-corrected chi connectivity index (χ2v) is 5.04. The average Bonchev–Trinajstić information content (AvgIpc) is 1.85. The van der Waals surface area contributed by atoms with E-state index in [-0.39, 0.29) is 0 Å². The van der Waals surface area contributed by atoms with Gasteiger partial charge in [0.05, 0.1) is 6.10 Å². The smallest absolute Gasteiger partial charge is 0.0588 e. The molecule has 0 spiro atoms. The Bertz CT molecular complexity index is 112. The van der Waals surface area contributed by atoms with E-state index in [0.717, 1.165) is 12.5 Å². The van der Waals surface area contributed by atoms with Crippen LogP contribution in [0.2, 0.25) is 0 Å². The standard InChI is InChI=1S/C9H17BrO/c1-7(2)5-9-6-8(10)3-4-11-9/h7-9H,3-6H2,1-2H3/t8-,9+/m1/s1. The molecule has 2 heteroatoms. The van der Waals surface area contributed by atoms with Gasteiger partial charge in [0, 0.05) is 11.4 Å². The Morgan fingerprint density at radius 1 is 1.55 bits per heavy atom. The summed E-state index contributed by atoms with van der Waals surface area (Å²) in [5.74, 6) is 0.762. The first kappa shape index (κ1) is 9.53. The molecule has 11 heavy (non-hydrogen) atoms. The quantitative estimate of drug-likeness (QED) is 0.651. The molecule has 1 fully saturated rings. The van der Waals surface area contributed by atoms with Gasteiger partial charge in [0.2, 0.25) is 0 Å². The Kier molecular flexibility index (Phi) is 3.86. The highest BCUT2D eigenvalue weighted by molar-refractivity contribution is 9.09. The molecular weight excluding hydrogens is 204 g/mol. The van der Waals surface area contributed by atoms with Gasteiger partial charge in [0.15, 0.2) is 0 Å². The topological polar surface area (TPSA) is 9.23 Å². The summed E-state index contributed by atoms with van der Waals surface area (Å²) < 4.78 is 5.63. The van der Waals surface area contributed by atoms with Gasteiger partial charge in [-0.3, -0.25) is 0 Å². The van der Waals surface area contributed by atoms with Gasteiger partial charge >= 0.3 is 0 Å². The number of ether oxygens (including phenoxy) is 1. The Hall–Kier alpha value is 0.440. The van der Waals surface area contributed by atoms with Gasteiger partial charge in [-0.05, 0) is 25.2 Å². The van der Waals surface area contributed by atoms with Gasteiger partial charge in [-0.2, -0.15) is 0 Å². The summed E-state index contributed by atoms with van der Waals surface area (Å²) >= 11 is 3.64. The molecule has 0 aliphatic carbocycles. The molecule has 1 saturated heterocycles. The van der Waals surface area contributed by atoms with Gasteiger partial charge in [-0.1, -0.05) is 29.8 Å². The fourth-order valence-corrected chi connectivity index (χ4v) is 2.13. The van der Waals surface area contributed by atoms with Crippen LogP contribution >= 0.6 is 15.9 Å². The first-order valence-electron chi connectivity index (χ1n) is 4.44. The van der Waals surface area contributed by atoms with E-state index in [2.05, 4.69) is 29.8 Å². The molecule has 66 valence electrons. The fraction of sp³-hybridized carbons (Fsp3) is 1.00. The van der Waals surface area contributed by atoms with Crippen LogP contribution in [-0.4, -0.2) is 17.5 Å². The van der Waals surface area contributed by atoms with Gasteiger partial charge < -0.3 is 4.74 Å². The molecule has 0 aromatic heterocycles. The second-order valence-electron chi connectivity index (χ2n) is 3.74. The van der Waals surface area contributed by atoms with Crippen LogP contribution in [0, 0.1) is 5.92 Å². The molecule has 0 radical (unpaired) electrons. The summed E-state index contributed by atoms with van der Waals surface area (Å²) in [6, 6.07) is 0. The van der Waals surface area contributed by atoms with E-state index >= 15 is 0 Å². The molecule has 1 aliphatic rings. The van der Waals surface area contributed by atoms with Crippen LogP contribution in [0.4, 0.5) is 0 Å². The van der Waals surface area contributed by atoms with Crippen LogP contribution in [0.15, 0.2) is 0 Å². The minimum atomic E-state index is 0.508. The predicted octanol–water partition coefficient (Wildman–Crippen LogP) is 2.98. The number of alkyl halides is 1. The first-order chi connectivity index (χ1) is 5.18. The first-order valence-corrected chi connectivity index (χ1v) is 5.35. The van der Waals surface area contributed by atoms with Gasteiger partial charge in [0.25, 0.3) is 0 Å². The van der Waals surface area contributed by atoms with E-state index in [1.54, 1.807) is 0 Å². The monoisotopic (exact) mass is 220 g/mol. The Morgan fingerprint density at radius 2 is 2.27 bits per heavy atom. The van der Waals surface area contributed by atoms with Crippen LogP contribution in [0.5, 0.6) is 0 Å². The van der Waals surface area contributed by atoms with E-state index in [1.165, 1.54) is 19.3 Å². The zero-order chi connectivity index (χ0) is 8.27. The number of rotatable bonds is 2. The maximum Gasteiger partial charge on any atom is 0.0588 e. The third-order valence-corrected chi connectivity index (χ3v) is 2.87. The van der Waals surface area contributed by atoms with Crippen molar-refractivity contribution < 1.29 is 4.74 Å². The van der Waals surface area contributed by atoms with Crippen molar-refractivity contribution in [2.75, 3.05) is 6.61 Å². The summed E-state index contributed by atoms with van der Waals surface area (Å²) in [6.07, 6.45) is 4.09. The molecule has 0 N–H and O–H groups in total. The third kappa shape index (κ3) is 3.57. The lowest BCUT2D eigenvalue weighted by atomic mass is 10.00. The highest BCUT2D eigenvalue weighted by Crippen LogP contribution is 2.24. The molecule has 1 heterocycles. The summed E-state index contributed by atoms with van der Waals surface area (Å²) in [5, 5.41) is 0. The van der Waals surface area contributed by atoms with Crippen molar-refractivity contribution in [2.24, 2.45) is 5.92 Å². The number of hydrogen-bond donors (Lipinski definition) is 0. The van der Waals surface area contributed by atoms with E-state index in [0.29, 0.717) is 10.9 Å². The third-order valence-electron chi connectivity index (χ3n) is 2.04. The highest BCUT2D eigenvalue weighted by Gasteiger charge is 2.20. The Morgan fingerprint density at radius 3 is 2.82 bits per heavy atom. The van der Waals surface area contributed by atoms with Crippen molar-refractivity contribution in [3.8, 4) is 0 Å². The van der Waals surface area contributed by atoms with Crippen molar-refractivity contribution in [3.63, 3.8) is 0 Å². The van der Waals surface area contributed by atoms with Crippen molar-refractivity contribution >= 4 is 15.9 Å². The van der Waals surface area contributed by atoms with E-state index in [9.17, 15) is 0 Å². The molecular formula is C9H17BrO. The summed E-state index contributed by atoms with van der Waals surface area (Å²) in [4.78, 5) is 0.694. The summed E-state index contributed by atoms with van der Waals surface area (Å²) in [7, 11) is 0. The normalized spacial score (nSPS) is 32.7. The fourth-order valence-electron chi connectivity index (χ4n) is 1.52. The molecule has 0 unspecified atom stereocenters. The minimum absolute atomic E-state index is 0.508. The zero-order valence-corrected chi connectivity index (χ0v) is 8.93. The zero-order valence-electron chi connectivity index (χ0n) is 7.35. The molecule has 1 rings (SSSR count). The van der Waals surface area contributed by atoms with Gasteiger partial charge in [-0.15, -0.1) is 0 Å². The van der Waals surface area contributed by atoms with Crippen LogP contribution in [0.3, 0.4) is 0 Å². The van der Waals surface area contributed by atoms with Crippen molar-refractivity contribution in [1.29, 1.82) is 0 Å². The summed E-state index contributed by atoms with van der Waals surface area (Å²) in [6.45, 7) is 5.44. The van der Waals surface area contributed by atoms with E-state index in [1.807, 2.05) is 0 Å². The van der Waals surface area contributed by atoms with Crippen LogP contribution in [0.1, 0.15) is 33.1 Å². The van der Waals surface area contributed by atoms with Crippen LogP contribution in [0.25, 0.3) is 0 Å². The SMILES string of the molecule is CC(C)C[C@H]1C[C@H](Br)CCO1. The molecule has 1 aliphatic heterocycles. The van der Waals surface area contributed by atoms with E-state index < -0.39 is 0 Å². The average molecular weight is 221 g/mol. The van der Waals surface area contributed by atoms with Crippen molar-refractivity contribution in [3.05, 3.63) is 0 Å². The van der Waals surface area contributed by atoms with Gasteiger partial charge in [0.1, 0.15) is 0 Å². The van der Waals surface area contributed by atoms with Gasteiger partial charge in [-0.25, -0.2) is 0 Å². The van der Waals surface area contributed by atoms with Crippen molar-refractivity contribution in [1.82, 2.24) is 0 Å². The molecule has 0 aromatic carbocycles. The highest BCUT2D eigenvalue weighted by atomic mass is 79.9. The van der Waals surface area contributed by atoms with E-state index in [4.69, 9.17) is 4.74 Å². The lowest BCUT2D eigenvalue weighted by Crippen LogP contribution is -2.26. The predicted molar refractivity (Wildman–Crippen MR) is 51.1 cm³/mol. The largest absolute Gasteiger partial charge is 0.378 e. The van der Waals surface area contributed by atoms with Crippen molar-refractivity contribution in [2.45, 2.75) is 44.0 Å². The lowest BCUT2D eigenvalue weighted by Gasteiger charge is -2.27. The number of halogens is 1. The summed E-state index contributed by atoms with van der Waals surface area (Å²) in [5.41, 5.74) is 0. The molecule has 2 atom stereocenters. The lowest BCUT2D eigenvalue weighted by molar-refractivity contribution is 0.00771. The Labute approximate surface area is 77.6 Å². The second kappa shape index (κ2) is 4.46. The molecule has 0 aromatic rings. The maximum atomic E-state index is 5.63. The molecule has 0 saturated carbocycles. The Balaban J connectivity index is 2.23.